The van der Waals surface area contributed by atoms with Crippen LogP contribution in [0.4, 0.5) is 0 Å². The Balaban J connectivity index is 1.89. The van der Waals surface area contributed by atoms with E-state index in [-0.39, 0.29) is 0 Å². The average molecular weight is 279 g/mol. The average Bonchev–Trinajstić information content (AvgIpc) is 2.89. The lowest BCUT2D eigenvalue weighted by Crippen LogP contribution is -1.89. The largest absolute Gasteiger partial charge is 0.396 e. The van der Waals surface area contributed by atoms with Gasteiger partial charge < -0.3 is 10.1 Å². The highest BCUT2D eigenvalue weighted by molar-refractivity contribution is 5.01. The Morgan fingerprint density at radius 3 is 2.10 bits per heavy atom. The fourth-order valence-corrected chi connectivity index (χ4v) is 2.48. The number of aromatic amines is 1. The van der Waals surface area contributed by atoms with Crippen molar-refractivity contribution >= 4 is 0 Å². The van der Waals surface area contributed by atoms with Crippen LogP contribution in [0.15, 0.2) is 6.20 Å². The molecule has 0 aliphatic carbocycles. The minimum atomic E-state index is 0.351. The van der Waals surface area contributed by atoms with E-state index in [1.54, 1.807) is 0 Å². The predicted molar refractivity (Wildman–Crippen MR) is 84.6 cm³/mol. The lowest BCUT2D eigenvalue weighted by Gasteiger charge is -2.01. The van der Waals surface area contributed by atoms with Gasteiger partial charge in [0.15, 0.2) is 0 Å². The van der Waals surface area contributed by atoms with Gasteiger partial charge in [-0.05, 0) is 25.7 Å². The molecule has 1 aromatic heterocycles. The number of aryl methyl sites for hydroxylation is 2. The van der Waals surface area contributed by atoms with E-state index in [4.69, 9.17) is 5.11 Å². The van der Waals surface area contributed by atoms with E-state index in [1.165, 1.54) is 57.1 Å². The maximum Gasteiger partial charge on any atom is 0.106 e. The van der Waals surface area contributed by atoms with Gasteiger partial charge in [-0.2, -0.15) is 0 Å². The third-order valence-corrected chi connectivity index (χ3v) is 3.69. The Bertz CT molecular complexity index is 323. The molecule has 0 spiro atoms. The van der Waals surface area contributed by atoms with Gasteiger partial charge in [-0.15, -0.1) is 0 Å². The van der Waals surface area contributed by atoms with Crippen molar-refractivity contribution in [1.29, 1.82) is 0 Å². The van der Waals surface area contributed by atoms with Crippen molar-refractivity contribution in [1.82, 2.24) is 9.97 Å². The van der Waals surface area contributed by atoms with Crippen molar-refractivity contribution in [3.05, 3.63) is 24.6 Å². The summed E-state index contributed by atoms with van der Waals surface area (Å²) in [5.41, 5.74) is 1.21. The van der Waals surface area contributed by atoms with Crippen LogP contribution in [0.1, 0.15) is 75.7 Å². The molecule has 0 amide bonds. The zero-order chi connectivity index (χ0) is 14.5. The highest BCUT2D eigenvalue weighted by Crippen LogP contribution is 2.11. The van der Waals surface area contributed by atoms with Crippen molar-refractivity contribution in [3.8, 4) is 0 Å². The second-order valence-electron chi connectivity index (χ2n) is 5.60. The van der Waals surface area contributed by atoms with Crippen LogP contribution in [-0.4, -0.2) is 21.7 Å². The number of H-pyrrole nitrogens is 1. The summed E-state index contributed by atoms with van der Waals surface area (Å²) in [5.74, 6) is 1.08. The number of nitrogens with zero attached hydrogens (tertiary/aromatic N) is 1. The van der Waals surface area contributed by atoms with Crippen LogP contribution in [0.25, 0.3) is 0 Å². The Kier molecular flexibility index (Phi) is 10.3. The number of aromatic nitrogens is 2. The van der Waals surface area contributed by atoms with Gasteiger partial charge in [-0.3, -0.25) is 0 Å². The monoisotopic (exact) mass is 279 g/mol. The first-order valence-electron chi connectivity index (χ1n) is 8.30. The van der Waals surface area contributed by atoms with Gasteiger partial charge in [-0.25, -0.2) is 4.98 Å². The Morgan fingerprint density at radius 2 is 1.50 bits per heavy atom. The highest BCUT2D eigenvalue weighted by atomic mass is 16.2. The molecule has 1 aromatic rings. The summed E-state index contributed by atoms with van der Waals surface area (Å²) >= 11 is 0. The lowest BCUT2D eigenvalue weighted by atomic mass is 10.1. The zero-order valence-corrected chi connectivity index (χ0v) is 12.9. The third-order valence-electron chi connectivity index (χ3n) is 3.69. The molecule has 1 rings (SSSR count). The molecule has 0 unspecified atom stereocenters. The number of nitrogens with one attached hydrogen (secondary N) is 1. The molecule has 0 aliphatic heterocycles. The minimum Gasteiger partial charge on any atom is -0.396 e. The van der Waals surface area contributed by atoms with Gasteiger partial charge in [0, 0.05) is 19.2 Å². The van der Waals surface area contributed by atoms with E-state index in [2.05, 4.69) is 16.9 Å². The van der Waals surface area contributed by atoms with Crippen LogP contribution < -0.4 is 0 Å². The van der Waals surface area contributed by atoms with E-state index in [0.29, 0.717) is 6.61 Å². The number of hydrogen-bond acceptors (Lipinski definition) is 2. The summed E-state index contributed by atoms with van der Waals surface area (Å²) in [6, 6.07) is 0. The molecule has 0 saturated carbocycles. The normalized spacial score (nSPS) is 11.1. The maximum absolute atomic E-state index is 8.68. The van der Waals surface area contributed by atoms with Crippen LogP contribution in [-0.2, 0) is 12.8 Å². The Morgan fingerprint density at radius 1 is 0.900 bits per heavy atom. The second-order valence-corrected chi connectivity index (χ2v) is 5.60. The fraction of sp³-hybridized carbons (Fsp3) is 0.765. The number of unbranched alkanes of at least 4 members (excludes halogenated alkanes) is 8. The standard InChI is InChI=1S/C17H31N2O/c1-2-12-17-18-15-16(19-17)13-10-8-6-4-3-5-7-9-11-14-20/h15,20H,1-14H2,(H,18,19). The first-order chi connectivity index (χ1) is 9.86. The molecule has 0 fully saturated rings. The van der Waals surface area contributed by atoms with Crippen molar-refractivity contribution in [2.75, 3.05) is 6.61 Å². The SMILES string of the molecule is [CH2]CCc1nc(CCCCCCCCCCCO)c[nH]1. The number of hydrogen-bond donors (Lipinski definition) is 2. The smallest absolute Gasteiger partial charge is 0.106 e. The molecule has 20 heavy (non-hydrogen) atoms. The number of aliphatic hydroxyl groups is 1. The Hall–Kier alpha value is -0.830. The van der Waals surface area contributed by atoms with E-state index in [9.17, 15) is 0 Å². The molecule has 0 aliphatic rings. The van der Waals surface area contributed by atoms with Crippen molar-refractivity contribution in [2.24, 2.45) is 0 Å². The molecule has 1 radical (unpaired) electrons. The van der Waals surface area contributed by atoms with E-state index in [1.807, 2.05) is 6.20 Å². The molecular weight excluding hydrogens is 248 g/mol. The van der Waals surface area contributed by atoms with Gasteiger partial charge in [-0.1, -0.05) is 51.9 Å². The van der Waals surface area contributed by atoms with Crippen molar-refractivity contribution in [2.45, 2.75) is 77.0 Å². The van der Waals surface area contributed by atoms with Gasteiger partial charge in [0.05, 0.1) is 5.69 Å². The Labute approximate surface area is 124 Å². The summed E-state index contributed by atoms with van der Waals surface area (Å²) < 4.78 is 0. The molecular formula is C17H31N2O. The molecule has 0 atom stereocenters. The maximum atomic E-state index is 8.68. The number of imidazole rings is 1. The zero-order valence-electron chi connectivity index (χ0n) is 12.9. The fourth-order valence-electron chi connectivity index (χ4n) is 2.48. The first kappa shape index (κ1) is 17.2. The van der Waals surface area contributed by atoms with Crippen LogP contribution in [0.5, 0.6) is 0 Å². The van der Waals surface area contributed by atoms with E-state index in [0.717, 1.165) is 31.5 Å². The molecule has 1 heterocycles. The second kappa shape index (κ2) is 12.0. The third kappa shape index (κ3) is 8.36. The molecule has 0 bridgehead atoms. The highest BCUT2D eigenvalue weighted by Gasteiger charge is 2.00. The van der Waals surface area contributed by atoms with Crippen molar-refractivity contribution in [3.63, 3.8) is 0 Å². The molecule has 3 heteroatoms. The lowest BCUT2D eigenvalue weighted by molar-refractivity contribution is 0.282. The molecule has 115 valence electrons. The summed E-state index contributed by atoms with van der Waals surface area (Å²) in [6.07, 6.45) is 16.4. The van der Waals surface area contributed by atoms with Crippen LogP contribution in [0, 0.1) is 6.92 Å². The molecule has 0 aromatic carbocycles. The van der Waals surface area contributed by atoms with E-state index < -0.39 is 0 Å². The van der Waals surface area contributed by atoms with Gasteiger partial charge >= 0.3 is 0 Å². The van der Waals surface area contributed by atoms with Crippen LogP contribution >= 0.6 is 0 Å². The minimum absolute atomic E-state index is 0.351. The first-order valence-corrected chi connectivity index (χ1v) is 8.30. The van der Waals surface area contributed by atoms with Gasteiger partial charge in [0.2, 0.25) is 0 Å². The molecule has 0 saturated heterocycles. The number of rotatable bonds is 13. The molecule has 3 nitrogen and oxygen atoms in total. The number of aliphatic hydroxyl groups excluding tert-OH is 1. The summed E-state index contributed by atoms with van der Waals surface area (Å²) in [7, 11) is 0. The molecule has 2 N–H and O–H groups in total. The summed E-state index contributed by atoms with van der Waals surface area (Å²) in [5, 5.41) is 8.68. The summed E-state index contributed by atoms with van der Waals surface area (Å²) in [6.45, 7) is 4.20. The van der Waals surface area contributed by atoms with Gasteiger partial charge in [0.25, 0.3) is 0 Å². The van der Waals surface area contributed by atoms with Crippen LogP contribution in [0.2, 0.25) is 0 Å². The summed E-state index contributed by atoms with van der Waals surface area (Å²) in [4.78, 5) is 7.78. The topological polar surface area (TPSA) is 48.9 Å². The van der Waals surface area contributed by atoms with Crippen molar-refractivity contribution < 1.29 is 5.11 Å². The van der Waals surface area contributed by atoms with Crippen LogP contribution in [0.3, 0.4) is 0 Å². The van der Waals surface area contributed by atoms with E-state index >= 15 is 0 Å². The predicted octanol–water partition coefficient (Wildman–Crippen LogP) is 4.22. The van der Waals surface area contributed by atoms with Gasteiger partial charge in [0.1, 0.15) is 5.82 Å². The quantitative estimate of drug-likeness (QED) is 0.531.